The van der Waals surface area contributed by atoms with E-state index >= 15 is 0 Å². The Morgan fingerprint density at radius 3 is 2.76 bits per heavy atom. The Morgan fingerprint density at radius 1 is 1.29 bits per heavy atom. The van der Waals surface area contributed by atoms with Crippen molar-refractivity contribution < 1.29 is 9.84 Å². The largest absolute Gasteiger partial charge is 0.485 e. The molecule has 1 N–H and O–H groups in total. The van der Waals surface area contributed by atoms with E-state index < -0.39 is 6.10 Å². The number of aliphatic hydroxyl groups excluding tert-OH is 1. The van der Waals surface area contributed by atoms with Gasteiger partial charge in [-0.25, -0.2) is 9.67 Å². The second kappa shape index (κ2) is 7.22. The van der Waals surface area contributed by atoms with Crippen molar-refractivity contribution in [3.05, 3.63) is 42.0 Å². The maximum absolute atomic E-state index is 10.0. The van der Waals surface area contributed by atoms with Gasteiger partial charge in [-0.3, -0.25) is 0 Å². The van der Waals surface area contributed by atoms with Crippen molar-refractivity contribution in [1.82, 2.24) is 14.8 Å². The van der Waals surface area contributed by atoms with Gasteiger partial charge in [0.1, 0.15) is 18.7 Å². The van der Waals surface area contributed by atoms with Gasteiger partial charge in [0.2, 0.25) is 0 Å². The smallest absolute Gasteiger partial charge is 0.164 e. The third kappa shape index (κ3) is 4.04. The first-order chi connectivity index (χ1) is 10.1. The Labute approximate surface area is 125 Å². The fourth-order valence-corrected chi connectivity index (χ4v) is 2.15. The third-order valence-electron chi connectivity index (χ3n) is 3.26. The lowest BCUT2D eigenvalue weighted by Gasteiger charge is -2.15. The van der Waals surface area contributed by atoms with Crippen molar-refractivity contribution in [1.29, 1.82) is 0 Å². The molecule has 0 saturated heterocycles. The highest BCUT2D eigenvalue weighted by Gasteiger charge is 2.13. The highest BCUT2D eigenvalue weighted by atomic mass is 16.5. The van der Waals surface area contributed by atoms with E-state index in [4.69, 9.17) is 4.74 Å². The van der Waals surface area contributed by atoms with Gasteiger partial charge in [0.05, 0.1) is 6.10 Å². The summed E-state index contributed by atoms with van der Waals surface area (Å²) in [6.45, 7) is 7.39. The predicted molar refractivity (Wildman–Crippen MR) is 80.9 cm³/mol. The molecule has 1 heterocycles. The molecule has 0 amide bonds. The van der Waals surface area contributed by atoms with Gasteiger partial charge in [-0.15, -0.1) is 0 Å². The summed E-state index contributed by atoms with van der Waals surface area (Å²) in [6.07, 6.45) is 1.70. The molecule has 2 aromatic rings. The fourth-order valence-electron chi connectivity index (χ4n) is 2.15. The number of aromatic nitrogens is 3. The van der Waals surface area contributed by atoms with E-state index in [2.05, 4.69) is 23.9 Å². The molecule has 5 heteroatoms. The molecule has 0 aliphatic heterocycles. The van der Waals surface area contributed by atoms with Gasteiger partial charge >= 0.3 is 0 Å². The molecular weight excluding hydrogens is 266 g/mol. The van der Waals surface area contributed by atoms with Crippen LogP contribution in [-0.4, -0.2) is 19.9 Å². The first kappa shape index (κ1) is 15.5. The van der Waals surface area contributed by atoms with Gasteiger partial charge in [0, 0.05) is 12.1 Å². The van der Waals surface area contributed by atoms with Crippen LogP contribution >= 0.6 is 0 Å². The summed E-state index contributed by atoms with van der Waals surface area (Å²) in [5, 5.41) is 14.2. The summed E-state index contributed by atoms with van der Waals surface area (Å²) in [5.74, 6) is 2.00. The van der Waals surface area contributed by atoms with Crippen molar-refractivity contribution >= 4 is 0 Å². The van der Waals surface area contributed by atoms with Crippen LogP contribution in [0.3, 0.4) is 0 Å². The summed E-state index contributed by atoms with van der Waals surface area (Å²) in [7, 11) is 0. The van der Waals surface area contributed by atoms with E-state index in [0.29, 0.717) is 24.7 Å². The number of nitrogens with zero attached hydrogens (tertiary/aromatic N) is 3. The Hall–Kier alpha value is -1.88. The first-order valence-corrected chi connectivity index (χ1v) is 7.38. The molecular formula is C16H23N3O2. The van der Waals surface area contributed by atoms with Crippen molar-refractivity contribution in [3.8, 4) is 5.75 Å². The van der Waals surface area contributed by atoms with Gasteiger partial charge < -0.3 is 9.84 Å². The maximum Gasteiger partial charge on any atom is 0.164 e. The van der Waals surface area contributed by atoms with E-state index in [1.165, 1.54) is 0 Å². The Bertz CT molecular complexity index is 566. The van der Waals surface area contributed by atoms with Crippen LogP contribution in [0.1, 0.15) is 44.7 Å². The molecule has 21 heavy (non-hydrogen) atoms. The van der Waals surface area contributed by atoms with E-state index in [0.717, 1.165) is 17.9 Å². The van der Waals surface area contributed by atoms with Crippen molar-refractivity contribution in [3.63, 3.8) is 0 Å². The minimum atomic E-state index is -0.505. The normalized spacial score (nSPS) is 12.6. The van der Waals surface area contributed by atoms with Crippen LogP contribution < -0.4 is 4.74 Å². The molecule has 0 fully saturated rings. The topological polar surface area (TPSA) is 60.2 Å². The molecule has 0 spiro atoms. The number of aliphatic hydroxyl groups is 1. The van der Waals surface area contributed by atoms with Crippen LogP contribution in [0.2, 0.25) is 0 Å². The van der Waals surface area contributed by atoms with E-state index in [1.807, 2.05) is 35.9 Å². The van der Waals surface area contributed by atoms with E-state index in [9.17, 15) is 5.11 Å². The number of ether oxygens (including phenoxy) is 1. The molecule has 0 aliphatic rings. The average molecular weight is 289 g/mol. The van der Waals surface area contributed by atoms with Gasteiger partial charge in [0.15, 0.2) is 5.82 Å². The molecule has 2 rings (SSSR count). The summed E-state index contributed by atoms with van der Waals surface area (Å²) < 4.78 is 7.71. The fraction of sp³-hybridized carbons (Fsp3) is 0.500. The summed E-state index contributed by atoms with van der Waals surface area (Å²) >= 11 is 0. The predicted octanol–water partition coefficient (Wildman–Crippen LogP) is 2.96. The highest BCUT2D eigenvalue weighted by molar-refractivity contribution is 5.35. The van der Waals surface area contributed by atoms with Gasteiger partial charge in [-0.1, -0.05) is 39.0 Å². The van der Waals surface area contributed by atoms with Crippen LogP contribution in [0.15, 0.2) is 30.6 Å². The second-order valence-electron chi connectivity index (χ2n) is 5.50. The number of hydrogen-bond donors (Lipinski definition) is 1. The lowest BCUT2D eigenvalue weighted by Crippen LogP contribution is -2.13. The summed E-state index contributed by atoms with van der Waals surface area (Å²) in [5.41, 5.74) is 0.815. The minimum absolute atomic E-state index is 0.347. The third-order valence-corrected chi connectivity index (χ3v) is 3.26. The zero-order valence-corrected chi connectivity index (χ0v) is 12.9. The molecule has 1 unspecified atom stereocenters. The minimum Gasteiger partial charge on any atom is -0.485 e. The van der Waals surface area contributed by atoms with Gasteiger partial charge in [-0.2, -0.15) is 5.10 Å². The Morgan fingerprint density at radius 2 is 2.05 bits per heavy atom. The number of rotatable bonds is 7. The molecule has 0 aliphatic carbocycles. The number of benzene rings is 1. The molecule has 0 radical (unpaired) electrons. The quantitative estimate of drug-likeness (QED) is 0.851. The second-order valence-corrected chi connectivity index (χ2v) is 5.50. The van der Waals surface area contributed by atoms with E-state index in [-0.39, 0.29) is 0 Å². The van der Waals surface area contributed by atoms with E-state index in [1.54, 1.807) is 6.33 Å². The Balaban J connectivity index is 2.08. The van der Waals surface area contributed by atoms with Crippen molar-refractivity contribution in [2.45, 2.75) is 46.4 Å². The van der Waals surface area contributed by atoms with Crippen molar-refractivity contribution in [2.24, 2.45) is 5.92 Å². The molecule has 114 valence electrons. The molecule has 0 saturated carbocycles. The summed E-state index contributed by atoms with van der Waals surface area (Å²) in [4.78, 5) is 4.24. The number of para-hydroxylation sites is 1. The first-order valence-electron chi connectivity index (χ1n) is 7.38. The van der Waals surface area contributed by atoms with Crippen LogP contribution in [0, 0.1) is 5.92 Å². The number of hydrogen-bond acceptors (Lipinski definition) is 4. The van der Waals surface area contributed by atoms with Crippen LogP contribution in [-0.2, 0) is 13.2 Å². The summed E-state index contributed by atoms with van der Waals surface area (Å²) in [6, 6.07) is 7.57. The van der Waals surface area contributed by atoms with Crippen molar-refractivity contribution in [2.75, 3.05) is 0 Å². The van der Waals surface area contributed by atoms with Crippen LogP contribution in [0.4, 0.5) is 0 Å². The SMILES string of the molecule is CCC(O)c1ccccc1OCc1ncnn1CC(C)C. The van der Waals surface area contributed by atoms with Crippen LogP contribution in [0.5, 0.6) is 5.75 Å². The lowest BCUT2D eigenvalue weighted by molar-refractivity contribution is 0.165. The average Bonchev–Trinajstić information content (AvgIpc) is 2.91. The lowest BCUT2D eigenvalue weighted by atomic mass is 10.1. The van der Waals surface area contributed by atoms with Crippen LogP contribution in [0.25, 0.3) is 0 Å². The Kier molecular flexibility index (Phi) is 5.33. The molecule has 0 bridgehead atoms. The monoisotopic (exact) mass is 289 g/mol. The maximum atomic E-state index is 10.0. The molecule has 1 atom stereocenters. The standard InChI is InChI=1S/C16H23N3O2/c1-4-14(20)13-7-5-6-8-15(13)21-10-16-17-11-18-19(16)9-12(2)3/h5-8,11-12,14,20H,4,9-10H2,1-3H3. The van der Waals surface area contributed by atoms with Gasteiger partial charge in [0.25, 0.3) is 0 Å². The molecule has 1 aromatic carbocycles. The zero-order chi connectivity index (χ0) is 15.2. The molecule has 5 nitrogen and oxygen atoms in total. The van der Waals surface area contributed by atoms with Gasteiger partial charge in [-0.05, 0) is 18.4 Å². The molecule has 1 aromatic heterocycles. The highest BCUT2D eigenvalue weighted by Crippen LogP contribution is 2.27. The zero-order valence-electron chi connectivity index (χ0n) is 12.9.